The third kappa shape index (κ3) is 1.89. The monoisotopic (exact) mass is 314 g/mol. The summed E-state index contributed by atoms with van der Waals surface area (Å²) in [6.07, 6.45) is 0. The van der Waals surface area contributed by atoms with Crippen LogP contribution in [-0.4, -0.2) is 9.78 Å². The van der Waals surface area contributed by atoms with Crippen molar-refractivity contribution in [1.29, 1.82) is 0 Å². The maximum Gasteiger partial charge on any atom is 0.131 e. The second-order valence-corrected chi connectivity index (χ2v) is 5.92. The fourth-order valence-electron chi connectivity index (χ4n) is 1.68. The first-order valence-electron chi connectivity index (χ1n) is 5.02. The summed E-state index contributed by atoms with van der Waals surface area (Å²) >= 11 is 2.28. The predicted molar refractivity (Wildman–Crippen MR) is 72.1 cm³/mol. The van der Waals surface area contributed by atoms with Crippen LogP contribution in [0.2, 0.25) is 0 Å². The zero-order valence-electron chi connectivity index (χ0n) is 9.50. The molecule has 80 valence electrons. The van der Waals surface area contributed by atoms with Crippen molar-refractivity contribution in [2.75, 3.05) is 0 Å². The first kappa shape index (κ1) is 10.9. The Morgan fingerprint density at radius 1 is 1.27 bits per heavy atom. The largest absolute Gasteiger partial charge is 0.267 e. The lowest BCUT2D eigenvalue weighted by Crippen LogP contribution is -2.10. The molecular formula is C12H15IN2. The molecule has 1 heterocycles. The van der Waals surface area contributed by atoms with E-state index in [2.05, 4.69) is 66.7 Å². The molecule has 2 aromatic rings. The summed E-state index contributed by atoms with van der Waals surface area (Å²) in [5.74, 6) is 0. The number of hydrogen-bond acceptors (Lipinski definition) is 1. The van der Waals surface area contributed by atoms with Crippen LogP contribution < -0.4 is 0 Å². The molecule has 2 nitrogen and oxygen atoms in total. The van der Waals surface area contributed by atoms with Gasteiger partial charge >= 0.3 is 0 Å². The minimum atomic E-state index is 0.198. The summed E-state index contributed by atoms with van der Waals surface area (Å²) in [7, 11) is 2.00. The molecule has 15 heavy (non-hydrogen) atoms. The molecule has 2 rings (SSSR count). The molecule has 0 saturated carbocycles. The van der Waals surface area contributed by atoms with Gasteiger partial charge in [0, 0.05) is 12.4 Å². The molecule has 0 saturated heterocycles. The summed E-state index contributed by atoms with van der Waals surface area (Å²) in [4.78, 5) is 0. The second-order valence-electron chi connectivity index (χ2n) is 4.90. The van der Waals surface area contributed by atoms with E-state index < -0.39 is 0 Å². The highest BCUT2D eigenvalue weighted by Crippen LogP contribution is 2.27. The van der Waals surface area contributed by atoms with Gasteiger partial charge in [0.2, 0.25) is 0 Å². The summed E-state index contributed by atoms with van der Waals surface area (Å²) in [6.45, 7) is 6.69. The van der Waals surface area contributed by atoms with Gasteiger partial charge in [0.25, 0.3) is 0 Å². The van der Waals surface area contributed by atoms with Crippen LogP contribution in [0, 0.1) is 3.70 Å². The summed E-state index contributed by atoms with van der Waals surface area (Å²) in [6, 6.07) is 6.61. The fraction of sp³-hybridized carbons (Fsp3) is 0.417. The topological polar surface area (TPSA) is 17.8 Å². The molecule has 0 atom stereocenters. The fourth-order valence-corrected chi connectivity index (χ4v) is 2.46. The van der Waals surface area contributed by atoms with E-state index in [4.69, 9.17) is 0 Å². The van der Waals surface area contributed by atoms with Crippen LogP contribution in [0.1, 0.15) is 26.3 Å². The zero-order valence-corrected chi connectivity index (χ0v) is 11.7. The number of fused-ring (bicyclic) bond motifs is 1. The molecule has 0 N–H and O–H groups in total. The minimum absolute atomic E-state index is 0.198. The van der Waals surface area contributed by atoms with Gasteiger partial charge in [0.15, 0.2) is 0 Å². The first-order valence-corrected chi connectivity index (χ1v) is 6.10. The van der Waals surface area contributed by atoms with Gasteiger partial charge in [-0.2, -0.15) is 5.10 Å². The maximum atomic E-state index is 4.42. The van der Waals surface area contributed by atoms with E-state index in [0.29, 0.717) is 0 Å². The quantitative estimate of drug-likeness (QED) is 0.681. The summed E-state index contributed by atoms with van der Waals surface area (Å²) in [5.41, 5.74) is 2.77. The number of aromatic nitrogens is 2. The van der Waals surface area contributed by atoms with E-state index in [1.165, 1.54) is 16.5 Å². The lowest BCUT2D eigenvalue weighted by Gasteiger charge is -2.18. The Labute approximate surface area is 104 Å². The van der Waals surface area contributed by atoms with Gasteiger partial charge in [-0.3, -0.25) is 4.68 Å². The van der Waals surface area contributed by atoms with Gasteiger partial charge in [-0.1, -0.05) is 26.8 Å². The molecule has 1 aromatic carbocycles. The van der Waals surface area contributed by atoms with Crippen LogP contribution in [0.15, 0.2) is 18.2 Å². The molecule has 1 aromatic heterocycles. The Kier molecular flexibility index (Phi) is 2.53. The number of rotatable bonds is 0. The smallest absolute Gasteiger partial charge is 0.131 e. The molecule has 0 unspecified atom stereocenters. The second kappa shape index (κ2) is 3.47. The van der Waals surface area contributed by atoms with Gasteiger partial charge in [0.05, 0.1) is 5.52 Å². The average Bonchev–Trinajstić information content (AvgIpc) is 2.41. The van der Waals surface area contributed by atoms with Crippen LogP contribution in [-0.2, 0) is 12.5 Å². The SMILES string of the molecule is Cn1nc(I)c2ccc(C(C)(C)C)cc21. The first-order chi connectivity index (χ1) is 6.89. The van der Waals surface area contributed by atoms with E-state index in [9.17, 15) is 0 Å². The number of benzene rings is 1. The van der Waals surface area contributed by atoms with Crippen molar-refractivity contribution >= 4 is 33.5 Å². The average molecular weight is 314 g/mol. The normalized spacial score (nSPS) is 12.3. The molecule has 0 amide bonds. The van der Waals surface area contributed by atoms with E-state index in [1.807, 2.05) is 11.7 Å². The summed E-state index contributed by atoms with van der Waals surface area (Å²) in [5, 5.41) is 5.66. The molecule has 0 aliphatic carbocycles. The molecule has 0 radical (unpaired) electrons. The van der Waals surface area contributed by atoms with Crippen LogP contribution in [0.5, 0.6) is 0 Å². The molecule has 0 spiro atoms. The zero-order chi connectivity index (χ0) is 11.2. The summed E-state index contributed by atoms with van der Waals surface area (Å²) < 4.78 is 3.03. The Hall–Kier alpha value is -0.580. The number of nitrogens with zero attached hydrogens (tertiary/aromatic N) is 2. The van der Waals surface area contributed by atoms with Crippen LogP contribution in [0.3, 0.4) is 0 Å². The molecule has 3 heteroatoms. The number of aryl methyl sites for hydroxylation is 1. The van der Waals surface area contributed by atoms with Crippen molar-refractivity contribution in [3.63, 3.8) is 0 Å². The van der Waals surface area contributed by atoms with Crippen molar-refractivity contribution < 1.29 is 0 Å². The Balaban J connectivity index is 2.71. The van der Waals surface area contributed by atoms with Gasteiger partial charge < -0.3 is 0 Å². The van der Waals surface area contributed by atoms with E-state index in [1.54, 1.807) is 0 Å². The van der Waals surface area contributed by atoms with Gasteiger partial charge in [0.1, 0.15) is 3.70 Å². The van der Waals surface area contributed by atoms with Crippen molar-refractivity contribution in [3.8, 4) is 0 Å². The van der Waals surface area contributed by atoms with Gasteiger partial charge in [-0.05, 0) is 45.7 Å². The molecule has 0 fully saturated rings. The molecule has 0 aliphatic rings. The predicted octanol–water partition coefficient (Wildman–Crippen LogP) is 3.48. The van der Waals surface area contributed by atoms with Gasteiger partial charge in [-0.25, -0.2) is 0 Å². The molecular weight excluding hydrogens is 299 g/mol. The highest BCUT2D eigenvalue weighted by molar-refractivity contribution is 14.1. The van der Waals surface area contributed by atoms with E-state index in [0.717, 1.165) is 3.70 Å². The standard InChI is InChI=1S/C12H15IN2/c1-12(2,3)8-5-6-9-10(7-8)15(4)14-11(9)13/h5-7H,1-4H3. The van der Waals surface area contributed by atoms with Crippen LogP contribution in [0.25, 0.3) is 10.9 Å². The Morgan fingerprint density at radius 2 is 1.93 bits per heavy atom. The minimum Gasteiger partial charge on any atom is -0.267 e. The highest BCUT2D eigenvalue weighted by Gasteiger charge is 2.15. The maximum absolute atomic E-state index is 4.42. The molecule has 0 bridgehead atoms. The third-order valence-electron chi connectivity index (χ3n) is 2.67. The lowest BCUT2D eigenvalue weighted by atomic mass is 9.87. The van der Waals surface area contributed by atoms with Crippen molar-refractivity contribution in [3.05, 3.63) is 27.5 Å². The van der Waals surface area contributed by atoms with Crippen molar-refractivity contribution in [2.24, 2.45) is 7.05 Å². The van der Waals surface area contributed by atoms with Crippen LogP contribution in [0.4, 0.5) is 0 Å². The third-order valence-corrected chi connectivity index (χ3v) is 3.47. The Morgan fingerprint density at radius 3 is 2.53 bits per heavy atom. The number of halogens is 1. The van der Waals surface area contributed by atoms with E-state index >= 15 is 0 Å². The van der Waals surface area contributed by atoms with Crippen LogP contribution >= 0.6 is 22.6 Å². The van der Waals surface area contributed by atoms with Crippen molar-refractivity contribution in [2.45, 2.75) is 26.2 Å². The van der Waals surface area contributed by atoms with Crippen molar-refractivity contribution in [1.82, 2.24) is 9.78 Å². The number of hydrogen-bond donors (Lipinski definition) is 0. The van der Waals surface area contributed by atoms with Gasteiger partial charge in [-0.15, -0.1) is 0 Å². The highest BCUT2D eigenvalue weighted by atomic mass is 127. The van der Waals surface area contributed by atoms with E-state index in [-0.39, 0.29) is 5.41 Å². The molecule has 0 aliphatic heterocycles. The Bertz CT molecular complexity index is 506. The lowest BCUT2D eigenvalue weighted by molar-refractivity contribution is 0.590.